The van der Waals surface area contributed by atoms with Crippen LogP contribution in [0.4, 0.5) is 0 Å². The van der Waals surface area contributed by atoms with E-state index in [1.807, 2.05) is 0 Å². The van der Waals surface area contributed by atoms with E-state index >= 15 is 0 Å². The molecule has 1 amide bonds. The molecule has 0 spiro atoms. The Morgan fingerprint density at radius 3 is 2.42 bits per heavy atom. The fourth-order valence-electron chi connectivity index (χ4n) is 2.46. The van der Waals surface area contributed by atoms with Crippen molar-refractivity contribution in [2.24, 2.45) is 11.1 Å². The van der Waals surface area contributed by atoms with E-state index in [2.05, 4.69) is 38.2 Å². The molecular formula is C16H24N2O. The Hall–Kier alpha value is -1.35. The van der Waals surface area contributed by atoms with E-state index in [0.717, 1.165) is 19.3 Å². The van der Waals surface area contributed by atoms with Crippen molar-refractivity contribution in [2.75, 3.05) is 13.1 Å². The molecule has 3 N–H and O–H groups in total. The number of nitrogens with one attached hydrogen (secondary N) is 1. The third-order valence-corrected chi connectivity index (χ3v) is 4.36. The van der Waals surface area contributed by atoms with Gasteiger partial charge < -0.3 is 11.1 Å². The van der Waals surface area contributed by atoms with E-state index in [-0.39, 0.29) is 11.3 Å². The maximum atomic E-state index is 12.0. The Balaban J connectivity index is 1.89. The highest BCUT2D eigenvalue weighted by Crippen LogP contribution is 2.44. The Morgan fingerprint density at radius 1 is 1.21 bits per heavy atom. The van der Waals surface area contributed by atoms with Gasteiger partial charge in [0, 0.05) is 13.1 Å². The first-order valence-corrected chi connectivity index (χ1v) is 7.03. The Morgan fingerprint density at radius 2 is 1.84 bits per heavy atom. The number of hydrogen-bond donors (Lipinski definition) is 2. The normalized spacial score (nSPS) is 16.2. The minimum Gasteiger partial charge on any atom is -0.355 e. The van der Waals surface area contributed by atoms with Crippen LogP contribution < -0.4 is 11.1 Å². The van der Waals surface area contributed by atoms with Crippen molar-refractivity contribution in [3.8, 4) is 0 Å². The summed E-state index contributed by atoms with van der Waals surface area (Å²) in [6.45, 7) is 7.56. The lowest BCUT2D eigenvalue weighted by Crippen LogP contribution is -2.37. The topological polar surface area (TPSA) is 55.1 Å². The van der Waals surface area contributed by atoms with Crippen LogP contribution in [0.3, 0.4) is 0 Å². The number of aryl methyl sites for hydroxylation is 3. The molecule has 0 aromatic heterocycles. The van der Waals surface area contributed by atoms with Crippen LogP contribution in [-0.4, -0.2) is 19.0 Å². The lowest BCUT2D eigenvalue weighted by atomic mass is 9.98. The third kappa shape index (κ3) is 2.98. The van der Waals surface area contributed by atoms with Gasteiger partial charge in [0.25, 0.3) is 0 Å². The van der Waals surface area contributed by atoms with Gasteiger partial charge in [0.2, 0.25) is 5.91 Å². The maximum absolute atomic E-state index is 12.0. The molecule has 0 aliphatic heterocycles. The van der Waals surface area contributed by atoms with Gasteiger partial charge in [-0.2, -0.15) is 0 Å². The zero-order valence-corrected chi connectivity index (χ0v) is 12.2. The number of benzene rings is 1. The second-order valence-corrected chi connectivity index (χ2v) is 5.85. The van der Waals surface area contributed by atoms with Crippen LogP contribution in [0.1, 0.15) is 35.1 Å². The number of carbonyl (C=O) groups excluding carboxylic acids is 1. The minimum absolute atomic E-state index is 0.136. The molecule has 1 fully saturated rings. The van der Waals surface area contributed by atoms with E-state index in [4.69, 9.17) is 5.73 Å². The summed E-state index contributed by atoms with van der Waals surface area (Å²) >= 11 is 0. The molecule has 2 rings (SSSR count). The summed E-state index contributed by atoms with van der Waals surface area (Å²) < 4.78 is 0. The highest BCUT2D eigenvalue weighted by molar-refractivity contribution is 5.85. The standard InChI is InChI=1S/C16H24N2O/c1-11-8-13(3)14(9-12(11)2)4-7-18-15(19)16(10-17)5-6-16/h8-9H,4-7,10,17H2,1-3H3,(H,18,19). The lowest BCUT2D eigenvalue weighted by Gasteiger charge is -2.14. The van der Waals surface area contributed by atoms with Crippen LogP contribution in [0.25, 0.3) is 0 Å². The minimum atomic E-state index is -0.238. The van der Waals surface area contributed by atoms with Gasteiger partial charge in [0.05, 0.1) is 5.41 Å². The summed E-state index contributed by atoms with van der Waals surface area (Å²) in [5.41, 5.74) is 10.7. The summed E-state index contributed by atoms with van der Waals surface area (Å²) in [5, 5.41) is 3.03. The number of rotatable bonds is 5. The smallest absolute Gasteiger partial charge is 0.227 e. The Labute approximate surface area is 115 Å². The van der Waals surface area contributed by atoms with Crippen molar-refractivity contribution in [3.05, 3.63) is 34.4 Å². The zero-order chi connectivity index (χ0) is 14.0. The van der Waals surface area contributed by atoms with Crippen molar-refractivity contribution >= 4 is 5.91 Å². The summed E-state index contributed by atoms with van der Waals surface area (Å²) in [7, 11) is 0. The molecule has 0 bridgehead atoms. The van der Waals surface area contributed by atoms with Gasteiger partial charge in [-0.15, -0.1) is 0 Å². The average Bonchev–Trinajstić information content (AvgIpc) is 3.16. The molecule has 0 radical (unpaired) electrons. The van der Waals surface area contributed by atoms with Crippen LogP contribution in [0.2, 0.25) is 0 Å². The fourth-order valence-corrected chi connectivity index (χ4v) is 2.46. The van der Waals surface area contributed by atoms with Gasteiger partial charge in [-0.05, 0) is 62.3 Å². The molecule has 0 heterocycles. The SMILES string of the molecule is Cc1cc(C)c(CCNC(=O)C2(CN)CC2)cc1C. The molecule has 1 aromatic carbocycles. The van der Waals surface area contributed by atoms with Crippen LogP contribution in [0, 0.1) is 26.2 Å². The molecule has 3 heteroatoms. The molecule has 0 atom stereocenters. The van der Waals surface area contributed by atoms with Crippen LogP contribution in [0.15, 0.2) is 12.1 Å². The Bertz CT molecular complexity index is 490. The lowest BCUT2D eigenvalue weighted by molar-refractivity contribution is -0.125. The molecule has 104 valence electrons. The van der Waals surface area contributed by atoms with Crippen molar-refractivity contribution in [1.82, 2.24) is 5.32 Å². The first-order chi connectivity index (χ1) is 8.98. The maximum Gasteiger partial charge on any atom is 0.227 e. The molecular weight excluding hydrogens is 236 g/mol. The van der Waals surface area contributed by atoms with Crippen LogP contribution in [0.5, 0.6) is 0 Å². The summed E-state index contributed by atoms with van der Waals surface area (Å²) in [4.78, 5) is 12.0. The van der Waals surface area contributed by atoms with Gasteiger partial charge in [0.1, 0.15) is 0 Å². The predicted molar refractivity (Wildman–Crippen MR) is 78.1 cm³/mol. The van der Waals surface area contributed by atoms with E-state index in [0.29, 0.717) is 13.1 Å². The predicted octanol–water partition coefficient (Wildman–Crippen LogP) is 2.01. The summed E-state index contributed by atoms with van der Waals surface area (Å²) in [6.07, 6.45) is 2.77. The van der Waals surface area contributed by atoms with E-state index in [1.165, 1.54) is 22.3 Å². The molecule has 1 aromatic rings. The molecule has 0 unspecified atom stereocenters. The summed E-state index contributed by atoms with van der Waals surface area (Å²) in [5.74, 6) is 0.136. The number of nitrogens with two attached hydrogens (primary N) is 1. The Kier molecular flexibility index (Phi) is 3.95. The molecule has 1 aliphatic rings. The van der Waals surface area contributed by atoms with Crippen molar-refractivity contribution in [3.63, 3.8) is 0 Å². The average molecular weight is 260 g/mol. The van der Waals surface area contributed by atoms with Crippen LogP contribution in [-0.2, 0) is 11.2 Å². The zero-order valence-electron chi connectivity index (χ0n) is 12.2. The van der Waals surface area contributed by atoms with Crippen molar-refractivity contribution in [1.29, 1.82) is 0 Å². The van der Waals surface area contributed by atoms with Gasteiger partial charge >= 0.3 is 0 Å². The van der Waals surface area contributed by atoms with Crippen LogP contribution >= 0.6 is 0 Å². The quantitative estimate of drug-likeness (QED) is 0.851. The van der Waals surface area contributed by atoms with E-state index in [9.17, 15) is 4.79 Å². The molecule has 1 saturated carbocycles. The highest BCUT2D eigenvalue weighted by Gasteiger charge is 2.48. The first kappa shape index (κ1) is 14.1. The third-order valence-electron chi connectivity index (χ3n) is 4.36. The van der Waals surface area contributed by atoms with Gasteiger partial charge in [-0.1, -0.05) is 12.1 Å². The molecule has 0 saturated heterocycles. The number of carbonyl (C=O) groups is 1. The number of hydrogen-bond acceptors (Lipinski definition) is 2. The van der Waals surface area contributed by atoms with Gasteiger partial charge in [0.15, 0.2) is 0 Å². The van der Waals surface area contributed by atoms with Gasteiger partial charge in [-0.3, -0.25) is 4.79 Å². The number of amides is 1. The van der Waals surface area contributed by atoms with Gasteiger partial charge in [-0.25, -0.2) is 0 Å². The van der Waals surface area contributed by atoms with E-state index < -0.39 is 0 Å². The summed E-state index contributed by atoms with van der Waals surface area (Å²) in [6, 6.07) is 4.45. The van der Waals surface area contributed by atoms with E-state index in [1.54, 1.807) is 0 Å². The molecule has 3 nitrogen and oxygen atoms in total. The molecule has 19 heavy (non-hydrogen) atoms. The largest absolute Gasteiger partial charge is 0.355 e. The molecule has 1 aliphatic carbocycles. The highest BCUT2D eigenvalue weighted by atomic mass is 16.2. The second kappa shape index (κ2) is 5.33. The first-order valence-electron chi connectivity index (χ1n) is 7.03. The fraction of sp³-hybridized carbons (Fsp3) is 0.562. The van der Waals surface area contributed by atoms with Crippen molar-refractivity contribution in [2.45, 2.75) is 40.0 Å². The van der Waals surface area contributed by atoms with Crippen molar-refractivity contribution < 1.29 is 4.79 Å². The second-order valence-electron chi connectivity index (χ2n) is 5.85. The monoisotopic (exact) mass is 260 g/mol.